The first-order chi connectivity index (χ1) is 9.85. The van der Waals surface area contributed by atoms with Gasteiger partial charge in [-0.25, -0.2) is 17.5 Å². The number of nitrogens with one attached hydrogen (secondary N) is 1. The van der Waals surface area contributed by atoms with Gasteiger partial charge in [0.15, 0.2) is 0 Å². The molecule has 0 saturated carbocycles. The van der Waals surface area contributed by atoms with Crippen LogP contribution in [0.4, 0.5) is 4.39 Å². The van der Waals surface area contributed by atoms with Gasteiger partial charge in [-0.1, -0.05) is 15.9 Å². The average molecular weight is 386 g/mol. The van der Waals surface area contributed by atoms with Crippen molar-refractivity contribution in [3.8, 4) is 0 Å². The number of aliphatic hydroxyl groups excluding tert-OH is 1. The summed E-state index contributed by atoms with van der Waals surface area (Å²) in [6, 6.07) is 2.45. The van der Waals surface area contributed by atoms with Crippen LogP contribution in [0.25, 0.3) is 0 Å². The van der Waals surface area contributed by atoms with Gasteiger partial charge in [0, 0.05) is 30.8 Å². The van der Waals surface area contributed by atoms with Crippen LogP contribution in [0.5, 0.6) is 0 Å². The zero-order chi connectivity index (χ0) is 16.0. The molecule has 0 spiro atoms. The van der Waals surface area contributed by atoms with Gasteiger partial charge in [-0.2, -0.15) is 0 Å². The maximum Gasteiger partial charge on any atom is 0.243 e. The summed E-state index contributed by atoms with van der Waals surface area (Å²) in [5, 5.41) is 9.05. The molecular weight excluding hydrogens is 369 g/mol. The van der Waals surface area contributed by atoms with E-state index in [0.29, 0.717) is 4.47 Å². The van der Waals surface area contributed by atoms with Crippen LogP contribution >= 0.6 is 15.9 Å². The quantitative estimate of drug-likeness (QED) is 0.697. The first kappa shape index (κ1) is 18.5. The van der Waals surface area contributed by atoms with E-state index in [4.69, 9.17) is 14.6 Å². The van der Waals surface area contributed by atoms with Crippen molar-refractivity contribution in [1.82, 2.24) is 4.72 Å². The van der Waals surface area contributed by atoms with Gasteiger partial charge in [-0.15, -0.1) is 0 Å². The van der Waals surface area contributed by atoms with E-state index in [1.54, 1.807) is 0 Å². The number of benzene rings is 1. The van der Waals surface area contributed by atoms with E-state index in [1.165, 1.54) is 20.3 Å². The number of sulfonamides is 1. The summed E-state index contributed by atoms with van der Waals surface area (Å²) >= 11 is 3.08. The number of hydrogen-bond donors (Lipinski definition) is 2. The zero-order valence-corrected chi connectivity index (χ0v) is 14.0. The second kappa shape index (κ2) is 8.16. The summed E-state index contributed by atoms with van der Waals surface area (Å²) in [7, 11) is -1.19. The molecule has 1 unspecified atom stereocenters. The van der Waals surface area contributed by atoms with Gasteiger partial charge in [0.25, 0.3) is 0 Å². The van der Waals surface area contributed by atoms with Gasteiger partial charge in [0.05, 0.1) is 19.3 Å². The maximum absolute atomic E-state index is 14.0. The number of rotatable bonds is 8. The van der Waals surface area contributed by atoms with Crippen LogP contribution in [-0.2, 0) is 26.1 Å². The zero-order valence-electron chi connectivity index (χ0n) is 11.6. The van der Waals surface area contributed by atoms with Crippen molar-refractivity contribution in [3.05, 3.63) is 28.0 Å². The summed E-state index contributed by atoms with van der Waals surface area (Å²) in [6.45, 7) is -0.465. The predicted molar refractivity (Wildman–Crippen MR) is 77.9 cm³/mol. The van der Waals surface area contributed by atoms with Crippen LogP contribution in [0.1, 0.15) is 5.56 Å². The molecule has 21 heavy (non-hydrogen) atoms. The molecule has 1 aromatic carbocycles. The van der Waals surface area contributed by atoms with Crippen LogP contribution in [-0.4, -0.2) is 47.0 Å². The molecule has 0 heterocycles. The largest absolute Gasteiger partial charge is 0.392 e. The lowest BCUT2D eigenvalue weighted by Crippen LogP contribution is -2.36. The van der Waals surface area contributed by atoms with Crippen molar-refractivity contribution in [2.45, 2.75) is 17.6 Å². The molecule has 0 saturated heterocycles. The molecule has 0 aliphatic heterocycles. The van der Waals surface area contributed by atoms with Crippen molar-refractivity contribution in [3.63, 3.8) is 0 Å². The third kappa shape index (κ3) is 4.97. The summed E-state index contributed by atoms with van der Waals surface area (Å²) in [5.41, 5.74) is -0.107. The second-order valence-electron chi connectivity index (χ2n) is 4.20. The molecule has 0 radical (unpaired) electrons. The molecule has 9 heteroatoms. The van der Waals surface area contributed by atoms with Gasteiger partial charge in [0.1, 0.15) is 10.7 Å². The standard InChI is InChI=1S/C12H17BrFNO5S/c1-19-7-10(20-2)5-15-21(17,18)11-4-9(13)3-8(6-16)12(11)14/h3-4,10,15-16H,5-7H2,1-2H3. The average Bonchev–Trinajstić information content (AvgIpc) is 2.45. The summed E-state index contributed by atoms with van der Waals surface area (Å²) < 4.78 is 50.9. The molecular formula is C12H17BrFNO5S. The lowest BCUT2D eigenvalue weighted by atomic mass is 10.2. The van der Waals surface area contributed by atoms with Crippen molar-refractivity contribution < 1.29 is 27.4 Å². The van der Waals surface area contributed by atoms with Gasteiger partial charge in [0.2, 0.25) is 10.0 Å². The van der Waals surface area contributed by atoms with Crippen LogP contribution in [0.15, 0.2) is 21.5 Å². The van der Waals surface area contributed by atoms with Crippen molar-refractivity contribution in [1.29, 1.82) is 0 Å². The highest BCUT2D eigenvalue weighted by Gasteiger charge is 2.23. The molecule has 0 bridgehead atoms. The fourth-order valence-corrected chi connectivity index (χ4v) is 3.47. The number of methoxy groups -OCH3 is 2. The highest BCUT2D eigenvalue weighted by molar-refractivity contribution is 9.10. The lowest BCUT2D eigenvalue weighted by Gasteiger charge is -2.16. The highest BCUT2D eigenvalue weighted by Crippen LogP contribution is 2.24. The minimum Gasteiger partial charge on any atom is -0.392 e. The van der Waals surface area contributed by atoms with Crippen molar-refractivity contribution in [2.75, 3.05) is 27.4 Å². The van der Waals surface area contributed by atoms with Gasteiger partial charge < -0.3 is 14.6 Å². The Labute approximate surface area is 131 Å². The number of hydrogen-bond acceptors (Lipinski definition) is 5. The summed E-state index contributed by atoms with van der Waals surface area (Å²) in [6.07, 6.45) is -0.489. The molecule has 2 N–H and O–H groups in total. The van der Waals surface area contributed by atoms with Crippen molar-refractivity contribution in [2.24, 2.45) is 0 Å². The Bertz CT molecular complexity index is 581. The van der Waals surface area contributed by atoms with E-state index in [1.807, 2.05) is 0 Å². The van der Waals surface area contributed by atoms with Crippen LogP contribution in [0.2, 0.25) is 0 Å². The SMILES string of the molecule is COCC(CNS(=O)(=O)c1cc(Br)cc(CO)c1F)OC. The van der Waals surface area contributed by atoms with E-state index >= 15 is 0 Å². The maximum atomic E-state index is 14.0. The Morgan fingerprint density at radius 3 is 2.62 bits per heavy atom. The summed E-state index contributed by atoms with van der Waals surface area (Å²) in [5.74, 6) is -0.978. The summed E-state index contributed by atoms with van der Waals surface area (Å²) in [4.78, 5) is -0.534. The topological polar surface area (TPSA) is 84.9 Å². The molecule has 1 atom stereocenters. The van der Waals surface area contributed by atoms with E-state index in [2.05, 4.69) is 20.7 Å². The Morgan fingerprint density at radius 2 is 2.10 bits per heavy atom. The Morgan fingerprint density at radius 1 is 1.43 bits per heavy atom. The predicted octanol–water partition coefficient (Wildman–Crippen LogP) is 1.02. The smallest absolute Gasteiger partial charge is 0.243 e. The fraction of sp³-hybridized carbons (Fsp3) is 0.500. The third-order valence-electron chi connectivity index (χ3n) is 2.73. The number of ether oxygens (including phenoxy) is 2. The van der Waals surface area contributed by atoms with Gasteiger partial charge in [-0.05, 0) is 12.1 Å². The second-order valence-corrected chi connectivity index (χ2v) is 6.85. The minimum atomic E-state index is -4.07. The normalized spacial score (nSPS) is 13.4. The highest BCUT2D eigenvalue weighted by atomic mass is 79.9. The van der Waals surface area contributed by atoms with E-state index < -0.39 is 33.4 Å². The van der Waals surface area contributed by atoms with E-state index in [-0.39, 0.29) is 18.7 Å². The number of aliphatic hydroxyl groups is 1. The molecule has 1 aromatic rings. The Balaban J connectivity index is 3.00. The van der Waals surface area contributed by atoms with Crippen molar-refractivity contribution >= 4 is 26.0 Å². The van der Waals surface area contributed by atoms with E-state index in [9.17, 15) is 12.8 Å². The number of halogens is 2. The molecule has 0 amide bonds. The Kier molecular flexibility index (Phi) is 7.17. The van der Waals surface area contributed by atoms with Gasteiger partial charge in [-0.3, -0.25) is 0 Å². The van der Waals surface area contributed by atoms with Crippen LogP contribution in [0.3, 0.4) is 0 Å². The molecule has 1 rings (SSSR count). The lowest BCUT2D eigenvalue weighted by molar-refractivity contribution is 0.0320. The van der Waals surface area contributed by atoms with Crippen LogP contribution in [0, 0.1) is 5.82 Å². The van der Waals surface area contributed by atoms with E-state index in [0.717, 1.165) is 6.07 Å². The third-order valence-corrected chi connectivity index (χ3v) is 4.61. The Hall–Kier alpha value is -0.580. The molecule has 6 nitrogen and oxygen atoms in total. The van der Waals surface area contributed by atoms with Gasteiger partial charge >= 0.3 is 0 Å². The molecule has 0 aromatic heterocycles. The minimum absolute atomic E-state index is 0.0624. The monoisotopic (exact) mass is 385 g/mol. The molecule has 0 aliphatic carbocycles. The van der Waals surface area contributed by atoms with Crippen LogP contribution < -0.4 is 4.72 Å². The molecule has 0 aliphatic rings. The first-order valence-corrected chi connectivity index (χ1v) is 8.23. The first-order valence-electron chi connectivity index (χ1n) is 5.95. The molecule has 0 fully saturated rings. The molecule has 120 valence electrons. The fourth-order valence-electron chi connectivity index (χ4n) is 1.61.